The van der Waals surface area contributed by atoms with E-state index < -0.39 is 6.04 Å². The first-order chi connectivity index (χ1) is 15.0. The summed E-state index contributed by atoms with van der Waals surface area (Å²) in [6, 6.07) is 14.0. The third kappa shape index (κ3) is 4.95. The van der Waals surface area contributed by atoms with E-state index in [1.165, 1.54) is 0 Å². The monoisotopic (exact) mass is 418 g/mol. The molecule has 2 heterocycles. The molecule has 1 saturated heterocycles. The van der Waals surface area contributed by atoms with Crippen LogP contribution in [0.2, 0.25) is 0 Å². The summed E-state index contributed by atoms with van der Waals surface area (Å²) in [6.45, 7) is 5.37. The lowest BCUT2D eigenvalue weighted by atomic mass is 9.99. The van der Waals surface area contributed by atoms with E-state index in [-0.39, 0.29) is 24.2 Å². The molecule has 162 valence electrons. The normalized spacial score (nSPS) is 15.9. The number of rotatable bonds is 6. The van der Waals surface area contributed by atoms with Crippen LogP contribution in [-0.2, 0) is 16.0 Å². The number of carbonyl (C=O) groups is 2. The molecule has 1 aliphatic heterocycles. The lowest BCUT2D eigenvalue weighted by molar-refractivity contribution is -0.138. The summed E-state index contributed by atoms with van der Waals surface area (Å²) >= 11 is 0. The maximum atomic E-state index is 13.2. The van der Waals surface area contributed by atoms with Crippen LogP contribution in [0.25, 0.3) is 10.8 Å². The second kappa shape index (κ2) is 9.33. The predicted molar refractivity (Wildman–Crippen MR) is 121 cm³/mol. The quantitative estimate of drug-likeness (QED) is 0.665. The maximum Gasteiger partial charge on any atom is 0.245 e. The van der Waals surface area contributed by atoms with Gasteiger partial charge in [0, 0.05) is 31.5 Å². The van der Waals surface area contributed by atoms with Crippen molar-refractivity contribution in [1.29, 1.82) is 0 Å². The average molecular weight is 419 g/mol. The SMILES string of the molecule is CC(C)C(NC(=O)Cc1ccc2ccccc2c1)C(=O)N1CCC(n2ccnc2)CC1. The Labute approximate surface area is 183 Å². The lowest BCUT2D eigenvalue weighted by Crippen LogP contribution is -2.53. The van der Waals surface area contributed by atoms with Gasteiger partial charge in [-0.25, -0.2) is 4.98 Å². The van der Waals surface area contributed by atoms with Gasteiger partial charge < -0.3 is 14.8 Å². The van der Waals surface area contributed by atoms with Crippen molar-refractivity contribution < 1.29 is 9.59 Å². The first kappa shape index (κ1) is 21.1. The Morgan fingerprint density at radius 2 is 1.84 bits per heavy atom. The van der Waals surface area contributed by atoms with Crippen molar-refractivity contribution in [2.24, 2.45) is 5.92 Å². The van der Waals surface area contributed by atoms with Crippen LogP contribution in [0.1, 0.15) is 38.3 Å². The van der Waals surface area contributed by atoms with Gasteiger partial charge in [-0.05, 0) is 35.1 Å². The van der Waals surface area contributed by atoms with Crippen LogP contribution in [0.3, 0.4) is 0 Å². The molecule has 2 aromatic carbocycles. The topological polar surface area (TPSA) is 67.2 Å². The number of benzene rings is 2. The van der Waals surface area contributed by atoms with E-state index >= 15 is 0 Å². The van der Waals surface area contributed by atoms with Gasteiger partial charge in [0.2, 0.25) is 11.8 Å². The van der Waals surface area contributed by atoms with Gasteiger partial charge in [-0.1, -0.05) is 56.3 Å². The standard InChI is InChI=1S/C25H30N4O2/c1-18(2)24(25(31)28-12-9-22(10-13-28)29-14-11-26-17-29)27-23(30)16-19-7-8-20-5-3-4-6-21(20)15-19/h3-8,11,14-15,17-18,22,24H,9-10,12-13,16H2,1-2H3,(H,27,30). The van der Waals surface area contributed by atoms with Gasteiger partial charge in [-0.3, -0.25) is 9.59 Å². The van der Waals surface area contributed by atoms with Gasteiger partial charge in [-0.2, -0.15) is 0 Å². The minimum Gasteiger partial charge on any atom is -0.344 e. The molecule has 1 N–H and O–H groups in total. The van der Waals surface area contributed by atoms with Gasteiger partial charge in [0.15, 0.2) is 0 Å². The number of fused-ring (bicyclic) bond motifs is 1. The highest BCUT2D eigenvalue weighted by molar-refractivity contribution is 5.89. The van der Waals surface area contributed by atoms with E-state index in [2.05, 4.69) is 20.9 Å². The number of hydrogen-bond acceptors (Lipinski definition) is 3. The molecule has 1 atom stereocenters. The van der Waals surface area contributed by atoms with Crippen molar-refractivity contribution in [3.05, 3.63) is 66.7 Å². The second-order valence-corrected chi connectivity index (χ2v) is 8.71. The Balaban J connectivity index is 1.36. The van der Waals surface area contributed by atoms with Crippen LogP contribution < -0.4 is 5.32 Å². The van der Waals surface area contributed by atoms with Crippen molar-refractivity contribution in [2.45, 2.75) is 45.2 Å². The molecule has 4 rings (SSSR count). The van der Waals surface area contributed by atoms with Crippen LogP contribution in [0.15, 0.2) is 61.2 Å². The summed E-state index contributed by atoms with van der Waals surface area (Å²) in [5.74, 6) is -0.0685. The van der Waals surface area contributed by atoms with Gasteiger partial charge in [0.05, 0.1) is 12.7 Å². The number of piperidine rings is 1. The van der Waals surface area contributed by atoms with Gasteiger partial charge in [-0.15, -0.1) is 0 Å². The summed E-state index contributed by atoms with van der Waals surface area (Å²) in [5.41, 5.74) is 0.951. The molecule has 3 aromatic rings. The van der Waals surface area contributed by atoms with E-state index in [9.17, 15) is 9.59 Å². The highest BCUT2D eigenvalue weighted by atomic mass is 16.2. The number of aromatic nitrogens is 2. The summed E-state index contributed by atoms with van der Waals surface area (Å²) in [6.07, 6.45) is 7.68. The van der Waals surface area contributed by atoms with E-state index in [1.807, 2.05) is 67.7 Å². The van der Waals surface area contributed by atoms with Crippen molar-refractivity contribution in [1.82, 2.24) is 19.8 Å². The molecule has 0 radical (unpaired) electrons. The van der Waals surface area contributed by atoms with E-state index in [1.54, 1.807) is 6.20 Å². The Morgan fingerprint density at radius 3 is 2.52 bits per heavy atom. The van der Waals surface area contributed by atoms with Crippen LogP contribution in [-0.4, -0.2) is 45.4 Å². The lowest BCUT2D eigenvalue weighted by Gasteiger charge is -2.35. The number of carbonyl (C=O) groups excluding carboxylic acids is 2. The van der Waals surface area contributed by atoms with Crippen molar-refractivity contribution in [3.8, 4) is 0 Å². The molecule has 1 aromatic heterocycles. The molecular formula is C25H30N4O2. The molecule has 1 fully saturated rings. The van der Waals surface area contributed by atoms with Crippen molar-refractivity contribution in [3.63, 3.8) is 0 Å². The molecule has 6 nitrogen and oxygen atoms in total. The fraction of sp³-hybridized carbons (Fsp3) is 0.400. The number of nitrogens with one attached hydrogen (secondary N) is 1. The smallest absolute Gasteiger partial charge is 0.245 e. The minimum absolute atomic E-state index is 0.0194. The second-order valence-electron chi connectivity index (χ2n) is 8.71. The Morgan fingerprint density at radius 1 is 1.10 bits per heavy atom. The van der Waals surface area contributed by atoms with Crippen molar-refractivity contribution >= 4 is 22.6 Å². The number of imidazole rings is 1. The molecule has 0 spiro atoms. The number of likely N-dealkylation sites (tertiary alicyclic amines) is 1. The molecule has 0 bridgehead atoms. The third-order valence-electron chi connectivity index (χ3n) is 6.15. The number of hydrogen-bond donors (Lipinski definition) is 1. The molecule has 0 saturated carbocycles. The average Bonchev–Trinajstić information content (AvgIpc) is 3.32. The zero-order valence-corrected chi connectivity index (χ0v) is 18.2. The molecule has 31 heavy (non-hydrogen) atoms. The molecular weight excluding hydrogens is 388 g/mol. The van der Waals surface area contributed by atoms with Crippen molar-refractivity contribution in [2.75, 3.05) is 13.1 Å². The molecule has 1 unspecified atom stereocenters. The largest absolute Gasteiger partial charge is 0.344 e. The number of nitrogens with zero attached hydrogens (tertiary/aromatic N) is 3. The number of amides is 2. The zero-order chi connectivity index (χ0) is 21.8. The first-order valence-corrected chi connectivity index (χ1v) is 11.0. The van der Waals surface area contributed by atoms with Gasteiger partial charge in [0.25, 0.3) is 0 Å². The highest BCUT2D eigenvalue weighted by Crippen LogP contribution is 2.23. The van der Waals surface area contributed by atoms with Crippen LogP contribution in [0.5, 0.6) is 0 Å². The molecule has 2 amide bonds. The highest BCUT2D eigenvalue weighted by Gasteiger charge is 2.31. The van der Waals surface area contributed by atoms with Crippen LogP contribution in [0, 0.1) is 5.92 Å². The van der Waals surface area contributed by atoms with E-state index in [0.29, 0.717) is 19.1 Å². The Kier molecular flexibility index (Phi) is 6.35. The van der Waals surface area contributed by atoms with Crippen LogP contribution >= 0.6 is 0 Å². The Bertz CT molecular complexity index is 1040. The minimum atomic E-state index is -0.502. The molecule has 0 aliphatic carbocycles. The van der Waals surface area contributed by atoms with E-state index in [4.69, 9.17) is 0 Å². The molecule has 6 heteroatoms. The predicted octanol–water partition coefficient (Wildman–Crippen LogP) is 3.58. The Hall–Kier alpha value is -3.15. The van der Waals surface area contributed by atoms with Crippen LogP contribution in [0.4, 0.5) is 0 Å². The fourth-order valence-corrected chi connectivity index (χ4v) is 4.34. The summed E-state index contributed by atoms with van der Waals surface area (Å²) in [5, 5.41) is 5.27. The van der Waals surface area contributed by atoms with Gasteiger partial charge in [0.1, 0.15) is 6.04 Å². The molecule has 1 aliphatic rings. The fourth-order valence-electron chi connectivity index (χ4n) is 4.34. The summed E-state index contributed by atoms with van der Waals surface area (Å²) in [4.78, 5) is 32.0. The summed E-state index contributed by atoms with van der Waals surface area (Å²) < 4.78 is 2.12. The van der Waals surface area contributed by atoms with E-state index in [0.717, 1.165) is 29.2 Å². The first-order valence-electron chi connectivity index (χ1n) is 11.0. The third-order valence-corrected chi connectivity index (χ3v) is 6.15. The maximum absolute atomic E-state index is 13.2. The summed E-state index contributed by atoms with van der Waals surface area (Å²) in [7, 11) is 0. The zero-order valence-electron chi connectivity index (χ0n) is 18.2. The van der Waals surface area contributed by atoms with Gasteiger partial charge >= 0.3 is 0 Å².